The molecule has 2 aromatic carbocycles. The minimum absolute atomic E-state index is 0.0479. The molecule has 3 aromatic rings. The zero-order valence-corrected chi connectivity index (χ0v) is 12.8. The summed E-state index contributed by atoms with van der Waals surface area (Å²) in [6.07, 6.45) is 0. The first-order chi connectivity index (χ1) is 11.7. The molecule has 0 aliphatic rings. The molecule has 0 bridgehead atoms. The highest BCUT2D eigenvalue weighted by Gasteiger charge is 2.13. The Morgan fingerprint density at radius 3 is 2.62 bits per heavy atom. The Morgan fingerprint density at radius 2 is 1.92 bits per heavy atom. The molecule has 122 valence electrons. The number of halogens is 1. The van der Waals surface area contributed by atoms with Crippen molar-refractivity contribution in [3.8, 4) is 17.2 Å². The quantitative estimate of drug-likeness (QED) is 0.780. The third-order valence-corrected chi connectivity index (χ3v) is 3.32. The van der Waals surface area contributed by atoms with Gasteiger partial charge in [-0.25, -0.2) is 4.39 Å². The van der Waals surface area contributed by atoms with E-state index >= 15 is 0 Å². The van der Waals surface area contributed by atoms with Crippen LogP contribution in [0.4, 0.5) is 4.39 Å². The topological polar surface area (TPSA) is 77.2 Å². The summed E-state index contributed by atoms with van der Waals surface area (Å²) in [5.74, 6) is 0.188. The Kier molecular flexibility index (Phi) is 4.51. The zero-order valence-electron chi connectivity index (χ0n) is 12.8. The van der Waals surface area contributed by atoms with E-state index in [0.717, 1.165) is 0 Å². The first-order valence-electron chi connectivity index (χ1n) is 7.17. The molecule has 0 atom stereocenters. The molecule has 7 heteroatoms. The van der Waals surface area contributed by atoms with Crippen LogP contribution in [0.15, 0.2) is 52.9 Å². The van der Waals surface area contributed by atoms with Crippen molar-refractivity contribution in [3.63, 3.8) is 0 Å². The second kappa shape index (κ2) is 6.91. The van der Waals surface area contributed by atoms with Gasteiger partial charge in [0.15, 0.2) is 0 Å². The molecule has 1 heterocycles. The molecule has 6 nitrogen and oxygen atoms in total. The second-order valence-corrected chi connectivity index (χ2v) is 4.89. The number of benzene rings is 2. The van der Waals surface area contributed by atoms with E-state index in [1.165, 1.54) is 6.07 Å². The molecule has 0 saturated carbocycles. The SMILES string of the molecule is COc1ccc(C(=O)NCc2nnc(-c3ccccc3F)o2)cc1. The molecule has 0 aliphatic heterocycles. The van der Waals surface area contributed by atoms with Gasteiger partial charge in [-0.3, -0.25) is 4.79 Å². The minimum atomic E-state index is -0.449. The highest BCUT2D eigenvalue weighted by atomic mass is 19.1. The maximum absolute atomic E-state index is 13.7. The lowest BCUT2D eigenvalue weighted by atomic mass is 10.2. The van der Waals surface area contributed by atoms with Gasteiger partial charge in [-0.05, 0) is 36.4 Å². The average Bonchev–Trinajstić information content (AvgIpc) is 3.09. The smallest absolute Gasteiger partial charge is 0.251 e. The molecule has 0 saturated heterocycles. The number of carbonyl (C=O) groups excluding carboxylic acids is 1. The molecular formula is C17H14FN3O3. The summed E-state index contributed by atoms with van der Waals surface area (Å²) in [7, 11) is 1.55. The number of ether oxygens (including phenoxy) is 1. The van der Waals surface area contributed by atoms with Gasteiger partial charge in [0, 0.05) is 5.56 Å². The molecule has 0 fully saturated rings. The number of nitrogens with one attached hydrogen (secondary N) is 1. The van der Waals surface area contributed by atoms with E-state index < -0.39 is 5.82 Å². The Labute approximate surface area is 137 Å². The number of hydrogen-bond donors (Lipinski definition) is 1. The first-order valence-corrected chi connectivity index (χ1v) is 7.17. The third kappa shape index (κ3) is 3.40. The van der Waals surface area contributed by atoms with Gasteiger partial charge in [-0.1, -0.05) is 12.1 Å². The van der Waals surface area contributed by atoms with Crippen molar-refractivity contribution in [3.05, 3.63) is 65.8 Å². The van der Waals surface area contributed by atoms with E-state index in [4.69, 9.17) is 9.15 Å². The summed E-state index contributed by atoms with van der Waals surface area (Å²) < 4.78 is 24.1. The van der Waals surface area contributed by atoms with Crippen molar-refractivity contribution in [1.82, 2.24) is 15.5 Å². The fourth-order valence-corrected chi connectivity index (χ4v) is 2.07. The Morgan fingerprint density at radius 1 is 1.17 bits per heavy atom. The molecule has 0 radical (unpaired) electrons. The van der Waals surface area contributed by atoms with E-state index in [0.29, 0.717) is 11.3 Å². The predicted molar refractivity (Wildman–Crippen MR) is 83.9 cm³/mol. The van der Waals surface area contributed by atoms with Gasteiger partial charge in [-0.15, -0.1) is 10.2 Å². The highest BCUT2D eigenvalue weighted by Crippen LogP contribution is 2.20. The molecular weight excluding hydrogens is 313 g/mol. The maximum atomic E-state index is 13.7. The van der Waals surface area contributed by atoms with Crippen molar-refractivity contribution < 1.29 is 18.3 Å². The Bertz CT molecular complexity index is 846. The number of rotatable bonds is 5. The van der Waals surface area contributed by atoms with Crippen LogP contribution in [0.2, 0.25) is 0 Å². The monoisotopic (exact) mass is 327 g/mol. The molecule has 1 N–H and O–H groups in total. The van der Waals surface area contributed by atoms with E-state index in [-0.39, 0.29) is 29.8 Å². The van der Waals surface area contributed by atoms with Gasteiger partial charge in [0.25, 0.3) is 11.8 Å². The van der Waals surface area contributed by atoms with Crippen LogP contribution >= 0.6 is 0 Å². The van der Waals surface area contributed by atoms with Crippen LogP contribution in [0.25, 0.3) is 11.5 Å². The molecule has 0 aliphatic carbocycles. The summed E-state index contributed by atoms with van der Waals surface area (Å²) in [6.45, 7) is 0.0479. The van der Waals surface area contributed by atoms with Crippen molar-refractivity contribution in [2.24, 2.45) is 0 Å². The lowest BCUT2D eigenvalue weighted by Crippen LogP contribution is -2.22. The van der Waals surface area contributed by atoms with Gasteiger partial charge in [0.2, 0.25) is 5.89 Å². The van der Waals surface area contributed by atoms with Gasteiger partial charge in [0.1, 0.15) is 11.6 Å². The van der Waals surface area contributed by atoms with Gasteiger partial charge in [-0.2, -0.15) is 0 Å². The lowest BCUT2D eigenvalue weighted by Gasteiger charge is -2.04. The number of amides is 1. The van der Waals surface area contributed by atoms with Crippen LogP contribution in [-0.2, 0) is 6.54 Å². The lowest BCUT2D eigenvalue weighted by molar-refractivity contribution is 0.0947. The molecule has 1 aromatic heterocycles. The van der Waals surface area contributed by atoms with Crippen LogP contribution < -0.4 is 10.1 Å². The number of nitrogens with zero attached hydrogens (tertiary/aromatic N) is 2. The predicted octanol–water partition coefficient (Wildman–Crippen LogP) is 2.81. The van der Waals surface area contributed by atoms with E-state index in [9.17, 15) is 9.18 Å². The molecule has 1 amide bonds. The Balaban J connectivity index is 1.65. The van der Waals surface area contributed by atoms with Crippen LogP contribution in [0.3, 0.4) is 0 Å². The van der Waals surface area contributed by atoms with Crippen LogP contribution in [0.5, 0.6) is 5.75 Å². The standard InChI is InChI=1S/C17H14FN3O3/c1-23-12-8-6-11(7-9-12)16(22)19-10-15-20-21-17(24-15)13-4-2-3-5-14(13)18/h2-9H,10H2,1H3,(H,19,22). The van der Waals surface area contributed by atoms with Crippen molar-refractivity contribution in [2.45, 2.75) is 6.54 Å². The Hall–Kier alpha value is -3.22. The summed E-state index contributed by atoms with van der Waals surface area (Å²) in [6, 6.07) is 12.8. The molecule has 3 rings (SSSR count). The molecule has 0 spiro atoms. The van der Waals surface area contributed by atoms with Crippen LogP contribution in [-0.4, -0.2) is 23.2 Å². The van der Waals surface area contributed by atoms with Gasteiger partial charge < -0.3 is 14.5 Å². The first kappa shape index (κ1) is 15.7. The van der Waals surface area contributed by atoms with Crippen LogP contribution in [0, 0.1) is 5.82 Å². The van der Waals surface area contributed by atoms with E-state index in [1.807, 2.05) is 0 Å². The third-order valence-electron chi connectivity index (χ3n) is 3.32. The molecule has 0 unspecified atom stereocenters. The van der Waals surface area contributed by atoms with E-state index in [2.05, 4.69) is 15.5 Å². The van der Waals surface area contributed by atoms with Crippen molar-refractivity contribution in [2.75, 3.05) is 7.11 Å². The maximum Gasteiger partial charge on any atom is 0.251 e. The van der Waals surface area contributed by atoms with Gasteiger partial charge in [0.05, 0.1) is 19.2 Å². The number of hydrogen-bond acceptors (Lipinski definition) is 5. The molecule has 24 heavy (non-hydrogen) atoms. The van der Waals surface area contributed by atoms with Crippen molar-refractivity contribution in [1.29, 1.82) is 0 Å². The fraction of sp³-hybridized carbons (Fsp3) is 0.118. The zero-order chi connectivity index (χ0) is 16.9. The van der Waals surface area contributed by atoms with Crippen LogP contribution in [0.1, 0.15) is 16.2 Å². The highest BCUT2D eigenvalue weighted by molar-refractivity contribution is 5.94. The average molecular weight is 327 g/mol. The summed E-state index contributed by atoms with van der Waals surface area (Å²) in [4.78, 5) is 12.0. The number of carbonyl (C=O) groups is 1. The van der Waals surface area contributed by atoms with Crippen molar-refractivity contribution >= 4 is 5.91 Å². The normalized spacial score (nSPS) is 10.4. The fourth-order valence-electron chi connectivity index (χ4n) is 2.07. The second-order valence-electron chi connectivity index (χ2n) is 4.89. The summed E-state index contributed by atoms with van der Waals surface area (Å²) in [5, 5.41) is 10.3. The number of methoxy groups -OCH3 is 1. The van der Waals surface area contributed by atoms with Gasteiger partial charge >= 0.3 is 0 Å². The van der Waals surface area contributed by atoms with E-state index in [1.54, 1.807) is 49.6 Å². The summed E-state index contributed by atoms with van der Waals surface area (Å²) >= 11 is 0. The number of aromatic nitrogens is 2. The largest absolute Gasteiger partial charge is 0.497 e. The summed E-state index contributed by atoms with van der Waals surface area (Å²) in [5.41, 5.74) is 0.697. The minimum Gasteiger partial charge on any atom is -0.497 e.